The Bertz CT molecular complexity index is 5510. The predicted octanol–water partition coefficient (Wildman–Crippen LogP) is 20.1. The molecule has 0 aromatic heterocycles. The second kappa shape index (κ2) is 39.0. The van der Waals surface area contributed by atoms with Gasteiger partial charge in [-0.15, -0.1) is 0 Å². The van der Waals surface area contributed by atoms with Crippen molar-refractivity contribution < 1.29 is 136 Å². The molecule has 0 unspecified atom stereocenters. The summed E-state index contributed by atoms with van der Waals surface area (Å²) < 4.78 is 71.9. The number of carbonyl (C=O) groups excluding carboxylic acids is 8. The molecule has 760 valence electrons. The standard InChI is InChI=1S/C112H116Br4O28/c1-109(65-17-53-13-54(19-65)20-66(109)18-53)141-101(129)49-137-97(125)45-133-93-9-5-61(33-81(93)113)105-73-37-75(87(119)41-85(73)117)106(62-6-10-94(82(114)34-62)134-46-98(126)138-50-102(130)142-110(2)67-21-55-14-56(23-67)24-68(110)22-55)77-39-79(91(123)43-89(77)121)108(64-8-12-96(84(116)36-64)136-48-100(128)140-52-104(132)144-112(4)71-29-59-16-60(31-71)32-72(112)30-59)80-40-78(90(122)44-92(80)124)107(76-38-74(105)86(118)42-88(76)120)63-7-11-95(83(115)35-63)135-47-99(127)139-51-103(131)143-111(3)69-25-57-15-58(27-69)28-70(111)26-57/h5-12,33-44,53-60,65-72,105-108,117-124H,13-32,45-52H2,1-4H3. The van der Waals surface area contributed by atoms with E-state index < -0.39 is 193 Å². The molecule has 0 atom stereocenters. The second-order valence-electron chi connectivity index (χ2n) is 44.0. The minimum atomic E-state index is -1.44. The second-order valence-corrected chi connectivity index (χ2v) is 47.4. The molecule has 28 nitrogen and oxygen atoms in total. The molecule has 16 fully saturated rings. The Kier molecular flexibility index (Phi) is 26.8. The van der Waals surface area contributed by atoms with Crippen LogP contribution in [0.15, 0.2) is 139 Å². The van der Waals surface area contributed by atoms with Gasteiger partial charge in [-0.2, -0.15) is 0 Å². The molecule has 0 amide bonds. The first-order valence-corrected chi connectivity index (χ1v) is 53.4. The highest BCUT2D eigenvalue weighted by molar-refractivity contribution is 9.11. The summed E-state index contributed by atoms with van der Waals surface area (Å²) >= 11 is 14.7. The topological polar surface area (TPSA) is 409 Å². The Morgan fingerprint density at radius 3 is 0.542 bits per heavy atom. The van der Waals surface area contributed by atoms with Crippen LogP contribution < -0.4 is 18.9 Å². The van der Waals surface area contributed by atoms with E-state index in [-0.39, 0.29) is 155 Å². The van der Waals surface area contributed by atoms with Gasteiger partial charge in [-0.3, -0.25) is 0 Å². The number of hydrogen-bond acceptors (Lipinski definition) is 28. The van der Waals surface area contributed by atoms with Gasteiger partial charge < -0.3 is 97.7 Å². The predicted molar refractivity (Wildman–Crippen MR) is 531 cm³/mol. The van der Waals surface area contributed by atoms with Gasteiger partial charge in [0, 0.05) is 92.4 Å². The maximum absolute atomic E-state index is 13.6. The molecular formula is C112H116Br4O28. The number of halogens is 4. The van der Waals surface area contributed by atoms with Crippen LogP contribution in [0.3, 0.4) is 0 Å². The van der Waals surface area contributed by atoms with E-state index in [9.17, 15) is 79.2 Å². The molecule has 17 aliphatic rings. The van der Waals surface area contributed by atoms with E-state index in [0.29, 0.717) is 47.3 Å². The number of phenolic OH excluding ortho intramolecular Hbond substituents is 8. The molecule has 0 radical (unpaired) electrons. The van der Waals surface area contributed by atoms with Gasteiger partial charge in [0.1, 0.15) is 91.4 Å². The molecule has 32 heteroatoms. The Morgan fingerprint density at radius 1 is 0.229 bits per heavy atom. The van der Waals surface area contributed by atoms with Crippen LogP contribution in [-0.2, 0) is 76.3 Å². The summed E-state index contributed by atoms with van der Waals surface area (Å²) in [6.07, 6.45) is 20.6. The van der Waals surface area contributed by atoms with Gasteiger partial charge in [-0.25, -0.2) is 38.4 Å². The zero-order chi connectivity index (χ0) is 101. The van der Waals surface area contributed by atoms with Gasteiger partial charge in [-0.05, 0) is 410 Å². The van der Waals surface area contributed by atoms with Gasteiger partial charge in [0.25, 0.3) is 0 Å². The third-order valence-corrected chi connectivity index (χ3v) is 38.0. The molecule has 17 aliphatic carbocycles. The summed E-state index contributed by atoms with van der Waals surface area (Å²) in [6, 6.07) is 28.5. The Morgan fingerprint density at radius 2 is 0.389 bits per heavy atom. The number of esters is 8. The molecule has 8 N–H and O–H groups in total. The van der Waals surface area contributed by atoms with Crippen molar-refractivity contribution in [3.05, 3.63) is 206 Å². The summed E-state index contributed by atoms with van der Waals surface area (Å²) in [5, 5.41) is 104. The van der Waals surface area contributed by atoms with Gasteiger partial charge in [0.15, 0.2) is 52.9 Å². The molecule has 0 aliphatic heterocycles. The molecule has 8 aromatic carbocycles. The Labute approximate surface area is 866 Å². The fourth-order valence-corrected chi connectivity index (χ4v) is 31.2. The van der Waals surface area contributed by atoms with Crippen molar-refractivity contribution in [2.24, 2.45) is 94.7 Å². The van der Waals surface area contributed by atoms with Crippen molar-refractivity contribution in [3.63, 3.8) is 0 Å². The summed E-state index contributed by atoms with van der Waals surface area (Å²) in [5.74, 6) is -9.71. The fraction of sp³-hybridized carbons (Fsp3) is 0.500. The largest absolute Gasteiger partial charge is 0.507 e. The highest BCUT2D eigenvalue weighted by Crippen LogP contribution is 2.66. The summed E-state index contributed by atoms with van der Waals surface area (Å²) in [5.41, 5.74) is -2.26. The zero-order valence-corrected chi connectivity index (χ0v) is 86.5. The van der Waals surface area contributed by atoms with Crippen molar-refractivity contribution in [1.29, 1.82) is 0 Å². The third-order valence-electron chi connectivity index (χ3n) is 35.5. The average molecular weight is 2230 g/mol. The summed E-state index contributed by atoms with van der Waals surface area (Å²) in [7, 11) is 0. The molecule has 0 saturated heterocycles. The van der Waals surface area contributed by atoms with E-state index in [1.54, 1.807) is 48.5 Å². The van der Waals surface area contributed by atoms with Gasteiger partial charge in [-0.1, -0.05) is 24.3 Å². The SMILES string of the molecule is CC1(OC(=O)COC(=O)COc2ccc(C3c4cc(c(O)cc4O)C(c4ccc(OCC(=O)OCC(=O)OC5(C)C6CC7CC(C6)CC5C7)c(Br)c4)c4cc(c(O)cc4O)C(c4ccc(OCC(=O)OCC(=O)OC5(C)C6CC7CC(C6)CC5C7)c(Br)c4)c4cc(c(O)cc4O)C(c4ccc(OCC(=O)OCC(=O)OC5(C)C6CC7CC(C6)CC5C7)c(Br)c4)c4cc3c(O)cc4O)cc2Br)C2CC3CC(C2)CC1C3. The van der Waals surface area contributed by atoms with Crippen LogP contribution >= 0.6 is 63.7 Å². The number of hydrogen-bond donors (Lipinski definition) is 8. The number of benzene rings is 8. The number of aromatic hydroxyl groups is 8. The minimum absolute atomic E-state index is 0.0665. The first-order chi connectivity index (χ1) is 68.8. The summed E-state index contributed by atoms with van der Waals surface area (Å²) in [4.78, 5) is 109. The fourth-order valence-electron chi connectivity index (χ4n) is 29.2. The first kappa shape index (κ1) is 99.0. The van der Waals surface area contributed by atoms with Crippen LogP contribution in [0, 0.1) is 94.7 Å². The van der Waals surface area contributed by atoms with Crippen molar-refractivity contribution in [2.45, 2.75) is 202 Å². The number of phenols is 8. The molecule has 25 rings (SSSR count). The molecule has 8 aromatic rings. The van der Waals surface area contributed by atoms with E-state index in [0.717, 1.165) is 127 Å². The highest BCUT2D eigenvalue weighted by atomic mass is 79.9. The van der Waals surface area contributed by atoms with Crippen LogP contribution in [0.25, 0.3) is 0 Å². The normalized spacial score (nSPS) is 31.0. The van der Waals surface area contributed by atoms with E-state index in [2.05, 4.69) is 63.7 Å². The molecule has 0 spiro atoms. The number of ether oxygens (including phenoxy) is 12. The Balaban J connectivity index is 0.638. The van der Waals surface area contributed by atoms with Crippen molar-refractivity contribution >= 4 is 111 Å². The number of fused-ring (bicyclic) bond motifs is 8. The van der Waals surface area contributed by atoms with Crippen LogP contribution in [0.1, 0.15) is 247 Å². The van der Waals surface area contributed by atoms with Gasteiger partial charge in [0.2, 0.25) is 0 Å². The van der Waals surface area contributed by atoms with E-state index in [1.165, 1.54) is 74.2 Å². The van der Waals surface area contributed by atoms with E-state index >= 15 is 0 Å². The summed E-state index contributed by atoms with van der Waals surface area (Å²) in [6.45, 7) is 2.61. The third kappa shape index (κ3) is 19.1. The van der Waals surface area contributed by atoms with Crippen LogP contribution in [0.2, 0.25) is 0 Å². The Hall–Kier alpha value is -11.0. The van der Waals surface area contributed by atoms with Gasteiger partial charge >= 0.3 is 47.8 Å². The smallest absolute Gasteiger partial charge is 0.344 e. The van der Waals surface area contributed by atoms with Crippen molar-refractivity contribution in [2.75, 3.05) is 52.9 Å². The lowest BCUT2D eigenvalue weighted by Crippen LogP contribution is -2.58. The molecule has 16 saturated carbocycles. The lowest BCUT2D eigenvalue weighted by Gasteiger charge is -2.59. The number of rotatable bonds is 28. The molecule has 144 heavy (non-hydrogen) atoms. The van der Waals surface area contributed by atoms with Crippen LogP contribution in [0.4, 0.5) is 0 Å². The zero-order valence-electron chi connectivity index (χ0n) is 80.1. The monoisotopic (exact) mass is 2220 g/mol. The van der Waals surface area contributed by atoms with Crippen molar-refractivity contribution in [1.82, 2.24) is 0 Å². The molecule has 24 bridgehead atoms. The maximum Gasteiger partial charge on any atom is 0.344 e. The molecular weight excluding hydrogens is 2110 g/mol. The minimum Gasteiger partial charge on any atom is -0.507 e. The van der Waals surface area contributed by atoms with Crippen molar-refractivity contribution in [3.8, 4) is 69.0 Å². The van der Waals surface area contributed by atoms with Gasteiger partial charge in [0.05, 0.1) is 17.9 Å². The van der Waals surface area contributed by atoms with Crippen LogP contribution in [-0.4, -0.2) is 164 Å². The number of carbonyl (C=O) groups is 8. The average Bonchev–Trinajstić information content (AvgIpc) is 0.738. The van der Waals surface area contributed by atoms with E-state index in [4.69, 9.17) is 56.8 Å². The molecule has 0 heterocycles. The lowest BCUT2D eigenvalue weighted by molar-refractivity contribution is -0.207. The highest BCUT2D eigenvalue weighted by Gasteiger charge is 2.62. The van der Waals surface area contributed by atoms with E-state index in [1.807, 2.05) is 27.7 Å². The van der Waals surface area contributed by atoms with Crippen LogP contribution in [0.5, 0.6) is 69.0 Å². The maximum atomic E-state index is 13.6. The quantitative estimate of drug-likeness (QED) is 0.0167. The lowest BCUT2D eigenvalue weighted by atomic mass is 9.50. The first-order valence-electron chi connectivity index (χ1n) is 50.3.